The lowest BCUT2D eigenvalue weighted by atomic mass is 10.2. The van der Waals surface area contributed by atoms with Gasteiger partial charge in [0.1, 0.15) is 19.3 Å². The fourth-order valence-electron chi connectivity index (χ4n) is 3.58. The van der Waals surface area contributed by atoms with Crippen molar-refractivity contribution in [2.75, 3.05) is 26.8 Å². The van der Waals surface area contributed by atoms with Crippen molar-refractivity contribution in [1.29, 1.82) is 0 Å². The number of rotatable bonds is 5. The van der Waals surface area contributed by atoms with Gasteiger partial charge in [-0.1, -0.05) is 0 Å². The molecule has 2 aromatic rings. The molecule has 0 saturated carbocycles. The molecule has 0 bridgehead atoms. The topological polar surface area (TPSA) is 76.2 Å². The van der Waals surface area contributed by atoms with E-state index in [0.717, 1.165) is 5.56 Å². The molecule has 150 valence electrons. The van der Waals surface area contributed by atoms with Crippen molar-refractivity contribution in [3.63, 3.8) is 0 Å². The molecule has 2 aliphatic heterocycles. The van der Waals surface area contributed by atoms with Crippen molar-refractivity contribution < 1.29 is 22.7 Å². The number of ether oxygens (including phenoxy) is 2. The van der Waals surface area contributed by atoms with Gasteiger partial charge in [0.25, 0.3) is 0 Å². The van der Waals surface area contributed by atoms with Gasteiger partial charge in [-0.25, -0.2) is 8.42 Å². The second-order valence-corrected chi connectivity index (χ2v) is 9.58. The molecule has 1 aromatic carbocycles. The van der Waals surface area contributed by atoms with E-state index in [9.17, 15) is 13.2 Å². The average molecular weight is 423 g/mol. The van der Waals surface area contributed by atoms with Gasteiger partial charge in [-0.3, -0.25) is 4.79 Å². The minimum absolute atomic E-state index is 0.122. The molecule has 1 amide bonds. The number of likely N-dealkylation sites (N-methyl/N-ethyl adjacent to an activating group) is 1. The number of benzene rings is 1. The summed E-state index contributed by atoms with van der Waals surface area (Å²) in [4.78, 5) is 14.7. The Kier molecular flexibility index (Phi) is 5.31. The molecular formula is C19H22N2O5S2. The molecule has 7 nitrogen and oxygen atoms in total. The lowest BCUT2D eigenvalue weighted by molar-refractivity contribution is -0.133. The molecule has 1 saturated heterocycles. The summed E-state index contributed by atoms with van der Waals surface area (Å²) in [6.45, 7) is 1.63. The van der Waals surface area contributed by atoms with E-state index in [1.54, 1.807) is 29.4 Å². The smallest absolute Gasteiger partial charge is 0.243 e. The summed E-state index contributed by atoms with van der Waals surface area (Å²) in [6.07, 6.45) is 1.18. The van der Waals surface area contributed by atoms with Crippen LogP contribution in [0.15, 0.2) is 39.9 Å². The lowest BCUT2D eigenvalue weighted by Gasteiger charge is -2.28. The summed E-state index contributed by atoms with van der Waals surface area (Å²) in [5.41, 5.74) is 1.04. The van der Waals surface area contributed by atoms with E-state index in [1.165, 1.54) is 16.4 Å². The molecule has 1 unspecified atom stereocenters. The van der Waals surface area contributed by atoms with Crippen molar-refractivity contribution in [2.24, 2.45) is 0 Å². The number of carbonyl (C=O) groups excluding carboxylic acids is 1. The Morgan fingerprint density at radius 3 is 2.79 bits per heavy atom. The Bertz CT molecular complexity index is 959. The quantitative estimate of drug-likeness (QED) is 0.739. The van der Waals surface area contributed by atoms with Crippen LogP contribution in [0.1, 0.15) is 18.4 Å². The van der Waals surface area contributed by atoms with Crippen LogP contribution in [-0.4, -0.2) is 56.4 Å². The number of thiophene rings is 1. The Balaban J connectivity index is 1.55. The molecule has 1 atom stereocenters. The van der Waals surface area contributed by atoms with Gasteiger partial charge in [0.2, 0.25) is 15.9 Å². The number of sulfonamides is 1. The molecule has 9 heteroatoms. The molecule has 2 aliphatic rings. The molecule has 28 heavy (non-hydrogen) atoms. The minimum atomic E-state index is -3.81. The van der Waals surface area contributed by atoms with Crippen molar-refractivity contribution in [2.45, 2.75) is 30.3 Å². The van der Waals surface area contributed by atoms with Crippen LogP contribution < -0.4 is 9.47 Å². The van der Waals surface area contributed by atoms with Crippen molar-refractivity contribution >= 4 is 27.3 Å². The van der Waals surface area contributed by atoms with Crippen LogP contribution in [0.2, 0.25) is 0 Å². The average Bonchev–Trinajstić information content (AvgIpc) is 3.39. The molecule has 4 rings (SSSR count). The number of amides is 1. The first kappa shape index (κ1) is 19.2. The van der Waals surface area contributed by atoms with E-state index in [2.05, 4.69) is 0 Å². The van der Waals surface area contributed by atoms with E-state index in [1.807, 2.05) is 16.8 Å². The van der Waals surface area contributed by atoms with Crippen LogP contribution in [0.25, 0.3) is 0 Å². The number of fused-ring (bicyclic) bond motifs is 1. The predicted molar refractivity (Wildman–Crippen MR) is 105 cm³/mol. The van der Waals surface area contributed by atoms with Gasteiger partial charge in [-0.05, 0) is 47.4 Å². The molecule has 0 N–H and O–H groups in total. The molecule has 0 spiro atoms. The molecule has 1 aromatic heterocycles. The maximum atomic E-state index is 13.2. The van der Waals surface area contributed by atoms with E-state index in [0.29, 0.717) is 50.6 Å². The molecule has 1 fully saturated rings. The Morgan fingerprint density at radius 2 is 2.04 bits per heavy atom. The minimum Gasteiger partial charge on any atom is -0.486 e. The second kappa shape index (κ2) is 7.73. The predicted octanol–water partition coefficient (Wildman–Crippen LogP) is 2.33. The van der Waals surface area contributed by atoms with Gasteiger partial charge in [-0.15, -0.1) is 0 Å². The highest BCUT2D eigenvalue weighted by Crippen LogP contribution is 2.35. The zero-order valence-corrected chi connectivity index (χ0v) is 17.2. The van der Waals surface area contributed by atoms with Crippen LogP contribution in [0, 0.1) is 0 Å². The van der Waals surface area contributed by atoms with Crippen LogP contribution in [0.5, 0.6) is 11.5 Å². The summed E-state index contributed by atoms with van der Waals surface area (Å²) in [5.74, 6) is 0.781. The Morgan fingerprint density at radius 1 is 1.25 bits per heavy atom. The van der Waals surface area contributed by atoms with Gasteiger partial charge in [0, 0.05) is 26.2 Å². The summed E-state index contributed by atoms with van der Waals surface area (Å²) in [7, 11) is -2.09. The van der Waals surface area contributed by atoms with Crippen molar-refractivity contribution in [3.8, 4) is 11.5 Å². The van der Waals surface area contributed by atoms with Crippen LogP contribution in [0.3, 0.4) is 0 Å². The van der Waals surface area contributed by atoms with Crippen molar-refractivity contribution in [1.82, 2.24) is 9.21 Å². The van der Waals surface area contributed by atoms with E-state index >= 15 is 0 Å². The van der Waals surface area contributed by atoms with Crippen LogP contribution >= 0.6 is 11.3 Å². The summed E-state index contributed by atoms with van der Waals surface area (Å²) in [6, 6.07) is 5.89. The van der Waals surface area contributed by atoms with E-state index < -0.39 is 16.1 Å². The molecule has 0 radical (unpaired) electrons. The van der Waals surface area contributed by atoms with Gasteiger partial charge in [0.15, 0.2) is 11.5 Å². The number of carbonyl (C=O) groups is 1. The first-order valence-corrected chi connectivity index (χ1v) is 11.5. The highest BCUT2D eigenvalue weighted by molar-refractivity contribution is 7.89. The number of hydrogen-bond donors (Lipinski definition) is 0. The fourth-order valence-corrected chi connectivity index (χ4v) is 5.91. The maximum absolute atomic E-state index is 13.2. The highest BCUT2D eigenvalue weighted by atomic mass is 32.2. The third-order valence-corrected chi connectivity index (χ3v) is 7.62. The van der Waals surface area contributed by atoms with E-state index in [4.69, 9.17) is 9.47 Å². The highest BCUT2D eigenvalue weighted by Gasteiger charge is 2.41. The van der Waals surface area contributed by atoms with Gasteiger partial charge >= 0.3 is 0 Å². The Labute approximate surface area is 168 Å². The molecule has 3 heterocycles. The van der Waals surface area contributed by atoms with Gasteiger partial charge < -0.3 is 14.4 Å². The SMILES string of the molecule is CN(Cc1ccsc1)C(=O)C1CCCN1S(=O)(=O)c1ccc2c(c1)OCCO2. The monoisotopic (exact) mass is 422 g/mol. The Hall–Kier alpha value is -2.10. The lowest BCUT2D eigenvalue weighted by Crippen LogP contribution is -2.46. The second-order valence-electron chi connectivity index (χ2n) is 6.91. The molecule has 0 aliphatic carbocycles. The number of nitrogens with zero attached hydrogens (tertiary/aromatic N) is 2. The standard InChI is InChI=1S/C19H22N2O5S2/c1-20(12-14-6-10-27-13-14)19(22)16-3-2-7-21(16)28(23,24)15-4-5-17-18(11-15)26-9-8-25-17/h4-6,10-11,13,16H,2-3,7-9,12H2,1H3. The van der Waals surface area contributed by atoms with Crippen LogP contribution in [0.4, 0.5) is 0 Å². The maximum Gasteiger partial charge on any atom is 0.243 e. The third-order valence-electron chi connectivity index (χ3n) is 4.99. The zero-order valence-electron chi connectivity index (χ0n) is 15.5. The third kappa shape index (κ3) is 3.61. The van der Waals surface area contributed by atoms with Crippen LogP contribution in [-0.2, 0) is 21.4 Å². The summed E-state index contributed by atoms with van der Waals surface area (Å²) >= 11 is 1.57. The first-order chi connectivity index (χ1) is 13.5. The number of hydrogen-bond acceptors (Lipinski definition) is 6. The summed E-state index contributed by atoms with van der Waals surface area (Å²) in [5, 5.41) is 3.95. The fraction of sp³-hybridized carbons (Fsp3) is 0.421. The summed E-state index contributed by atoms with van der Waals surface area (Å²) < 4.78 is 38.8. The van der Waals surface area contributed by atoms with Crippen molar-refractivity contribution in [3.05, 3.63) is 40.6 Å². The molecular weight excluding hydrogens is 400 g/mol. The van der Waals surface area contributed by atoms with E-state index in [-0.39, 0.29) is 10.8 Å². The normalized spacial score (nSPS) is 19.5. The largest absolute Gasteiger partial charge is 0.486 e. The first-order valence-electron chi connectivity index (χ1n) is 9.14. The zero-order chi connectivity index (χ0) is 19.7. The van der Waals surface area contributed by atoms with Gasteiger partial charge in [0.05, 0.1) is 4.90 Å². The van der Waals surface area contributed by atoms with Gasteiger partial charge in [-0.2, -0.15) is 15.6 Å².